The third-order valence-electron chi connectivity index (χ3n) is 4.94. The Morgan fingerprint density at radius 3 is 2.44 bits per heavy atom. The number of hydrogen-bond acceptors (Lipinski definition) is 6. The lowest BCUT2D eigenvalue weighted by atomic mass is 10.1. The SMILES string of the molecule is CCN(C(=O)c1cc(C#N)ccc1-n1nccn1)[C@@H](C)CCc1ncc(C(F)(F)F)cn1. The molecule has 0 saturated heterocycles. The number of rotatable bonds is 7. The van der Waals surface area contributed by atoms with Gasteiger partial charge in [-0.1, -0.05) is 0 Å². The van der Waals surface area contributed by atoms with Crippen LogP contribution in [0, 0.1) is 11.3 Å². The molecule has 1 aromatic carbocycles. The van der Waals surface area contributed by atoms with E-state index in [1.54, 1.807) is 17.0 Å². The zero-order valence-electron chi connectivity index (χ0n) is 17.4. The van der Waals surface area contributed by atoms with Crippen LogP contribution in [-0.4, -0.2) is 48.4 Å². The van der Waals surface area contributed by atoms with Crippen molar-refractivity contribution in [3.05, 3.63) is 65.5 Å². The molecule has 0 spiro atoms. The molecule has 8 nitrogen and oxygen atoms in total. The van der Waals surface area contributed by atoms with E-state index in [1.165, 1.54) is 23.3 Å². The first-order chi connectivity index (χ1) is 15.2. The summed E-state index contributed by atoms with van der Waals surface area (Å²) in [6.07, 6.45) is 0.732. The highest BCUT2D eigenvalue weighted by atomic mass is 19.4. The Kier molecular flexibility index (Phi) is 6.82. The van der Waals surface area contributed by atoms with Crippen molar-refractivity contribution < 1.29 is 18.0 Å². The number of halogens is 3. The van der Waals surface area contributed by atoms with E-state index >= 15 is 0 Å². The summed E-state index contributed by atoms with van der Waals surface area (Å²) in [5.41, 5.74) is 0.137. The minimum Gasteiger partial charge on any atom is -0.336 e. The van der Waals surface area contributed by atoms with Crippen LogP contribution in [0.2, 0.25) is 0 Å². The van der Waals surface area contributed by atoms with Crippen LogP contribution in [0.5, 0.6) is 0 Å². The van der Waals surface area contributed by atoms with Crippen molar-refractivity contribution in [2.75, 3.05) is 6.54 Å². The molecule has 3 rings (SSSR count). The van der Waals surface area contributed by atoms with Crippen LogP contribution in [0.25, 0.3) is 5.69 Å². The minimum absolute atomic E-state index is 0.262. The highest BCUT2D eigenvalue weighted by Gasteiger charge is 2.31. The van der Waals surface area contributed by atoms with Gasteiger partial charge in [0.25, 0.3) is 5.91 Å². The number of nitriles is 1. The smallest absolute Gasteiger partial charge is 0.336 e. The Balaban J connectivity index is 1.78. The van der Waals surface area contributed by atoms with E-state index in [1.807, 2.05) is 19.9 Å². The van der Waals surface area contributed by atoms with E-state index in [4.69, 9.17) is 0 Å². The molecule has 0 radical (unpaired) electrons. The highest BCUT2D eigenvalue weighted by molar-refractivity contribution is 5.98. The molecule has 0 aliphatic heterocycles. The molecule has 0 aliphatic carbocycles. The fraction of sp³-hybridized carbons (Fsp3) is 0.333. The molecule has 0 aliphatic rings. The summed E-state index contributed by atoms with van der Waals surface area (Å²) in [6, 6.07) is 6.45. The van der Waals surface area contributed by atoms with E-state index in [0.29, 0.717) is 30.6 Å². The molecule has 0 N–H and O–H groups in total. The molecule has 11 heteroatoms. The molecule has 1 atom stereocenters. The number of aryl methyl sites for hydroxylation is 1. The van der Waals surface area contributed by atoms with Crippen molar-refractivity contribution in [2.24, 2.45) is 0 Å². The van der Waals surface area contributed by atoms with Crippen LogP contribution in [0.3, 0.4) is 0 Å². The maximum absolute atomic E-state index is 13.4. The van der Waals surface area contributed by atoms with Gasteiger partial charge < -0.3 is 4.90 Å². The summed E-state index contributed by atoms with van der Waals surface area (Å²) < 4.78 is 38.0. The van der Waals surface area contributed by atoms with Gasteiger partial charge in [-0.2, -0.15) is 33.4 Å². The maximum Gasteiger partial charge on any atom is 0.419 e. The molecule has 3 aromatic rings. The molecule has 2 aromatic heterocycles. The molecule has 166 valence electrons. The summed E-state index contributed by atoms with van der Waals surface area (Å²) in [7, 11) is 0. The zero-order chi connectivity index (χ0) is 23.3. The van der Waals surface area contributed by atoms with E-state index in [0.717, 1.165) is 12.4 Å². The second-order valence-electron chi connectivity index (χ2n) is 7.03. The van der Waals surface area contributed by atoms with Crippen molar-refractivity contribution in [1.82, 2.24) is 29.9 Å². The summed E-state index contributed by atoms with van der Waals surface area (Å²) >= 11 is 0. The predicted molar refractivity (Wildman–Crippen MR) is 108 cm³/mol. The summed E-state index contributed by atoms with van der Waals surface area (Å²) in [4.78, 5) is 23.9. The van der Waals surface area contributed by atoms with E-state index in [9.17, 15) is 23.2 Å². The fourth-order valence-electron chi connectivity index (χ4n) is 3.23. The molecule has 0 unspecified atom stereocenters. The van der Waals surface area contributed by atoms with Crippen LogP contribution in [0.15, 0.2) is 43.0 Å². The predicted octanol–water partition coefficient (Wildman–Crippen LogP) is 3.43. The first-order valence-corrected chi connectivity index (χ1v) is 9.84. The van der Waals surface area contributed by atoms with Crippen LogP contribution in [0.4, 0.5) is 13.2 Å². The van der Waals surface area contributed by atoms with Crippen LogP contribution in [-0.2, 0) is 12.6 Å². The van der Waals surface area contributed by atoms with Crippen LogP contribution < -0.4 is 0 Å². The van der Waals surface area contributed by atoms with Gasteiger partial charge in [-0.05, 0) is 38.5 Å². The van der Waals surface area contributed by atoms with Gasteiger partial charge in [0.1, 0.15) is 5.82 Å². The first-order valence-electron chi connectivity index (χ1n) is 9.84. The lowest BCUT2D eigenvalue weighted by Crippen LogP contribution is -2.39. The fourth-order valence-corrected chi connectivity index (χ4v) is 3.23. The number of alkyl halides is 3. The summed E-state index contributed by atoms with van der Waals surface area (Å²) in [6.45, 7) is 4.05. The molecule has 2 heterocycles. The average Bonchev–Trinajstić information content (AvgIpc) is 3.32. The minimum atomic E-state index is -4.49. The molecule has 32 heavy (non-hydrogen) atoms. The summed E-state index contributed by atoms with van der Waals surface area (Å²) in [5.74, 6) is -0.0426. The molecule has 0 saturated carbocycles. The van der Waals surface area contributed by atoms with Crippen LogP contribution >= 0.6 is 0 Å². The second kappa shape index (κ2) is 9.55. The zero-order valence-corrected chi connectivity index (χ0v) is 17.4. The van der Waals surface area contributed by atoms with E-state index < -0.39 is 11.7 Å². The van der Waals surface area contributed by atoms with Crippen LogP contribution in [0.1, 0.15) is 47.6 Å². The Morgan fingerprint density at radius 2 is 1.88 bits per heavy atom. The third-order valence-corrected chi connectivity index (χ3v) is 4.94. The second-order valence-corrected chi connectivity index (χ2v) is 7.03. The normalized spacial score (nSPS) is 12.2. The number of amides is 1. The number of carbonyl (C=O) groups excluding carboxylic acids is 1. The van der Waals surface area contributed by atoms with Crippen molar-refractivity contribution in [1.29, 1.82) is 5.26 Å². The van der Waals surface area contributed by atoms with Crippen molar-refractivity contribution >= 4 is 5.91 Å². The van der Waals surface area contributed by atoms with E-state index in [-0.39, 0.29) is 23.3 Å². The number of aromatic nitrogens is 5. The Labute approximate surface area is 182 Å². The van der Waals surface area contributed by atoms with Gasteiger partial charge >= 0.3 is 6.18 Å². The summed E-state index contributed by atoms with van der Waals surface area (Å²) in [5, 5.41) is 17.4. The number of benzene rings is 1. The number of hydrogen-bond donors (Lipinski definition) is 0. The molecular formula is C21H20F3N7O. The van der Waals surface area contributed by atoms with Gasteiger partial charge in [-0.15, -0.1) is 0 Å². The highest BCUT2D eigenvalue weighted by Crippen LogP contribution is 2.28. The van der Waals surface area contributed by atoms with Gasteiger partial charge in [0, 0.05) is 31.4 Å². The number of nitrogens with zero attached hydrogens (tertiary/aromatic N) is 7. The van der Waals surface area contributed by atoms with Crippen molar-refractivity contribution in [2.45, 2.75) is 38.9 Å². The van der Waals surface area contributed by atoms with Gasteiger partial charge in [0.05, 0.1) is 40.8 Å². The average molecular weight is 443 g/mol. The van der Waals surface area contributed by atoms with Crippen molar-refractivity contribution in [3.63, 3.8) is 0 Å². The lowest BCUT2D eigenvalue weighted by Gasteiger charge is -2.28. The molecule has 0 bridgehead atoms. The lowest BCUT2D eigenvalue weighted by molar-refractivity contribution is -0.138. The molecular weight excluding hydrogens is 423 g/mol. The largest absolute Gasteiger partial charge is 0.419 e. The number of carbonyl (C=O) groups is 1. The Hall–Kier alpha value is -3.81. The monoisotopic (exact) mass is 443 g/mol. The Morgan fingerprint density at radius 1 is 1.22 bits per heavy atom. The third kappa shape index (κ3) is 5.08. The quantitative estimate of drug-likeness (QED) is 0.555. The van der Waals surface area contributed by atoms with Gasteiger partial charge in [0.2, 0.25) is 0 Å². The molecule has 1 amide bonds. The topological polar surface area (TPSA) is 101 Å². The standard InChI is InChI=1S/C21H20F3N7O/c1-3-30(14(2)4-7-19-26-12-16(13-27-19)21(22,23)24)20(32)17-10-15(11-25)5-6-18(17)31-28-8-9-29-31/h5-6,8-10,12-14H,3-4,7H2,1-2H3/t14-/m0/s1. The van der Waals surface area contributed by atoms with E-state index in [2.05, 4.69) is 20.2 Å². The van der Waals surface area contributed by atoms with Gasteiger partial charge in [-0.25, -0.2) is 9.97 Å². The molecule has 0 fully saturated rings. The van der Waals surface area contributed by atoms with Crippen molar-refractivity contribution in [3.8, 4) is 11.8 Å². The Bertz CT molecular complexity index is 1110. The van der Waals surface area contributed by atoms with Gasteiger partial charge in [-0.3, -0.25) is 4.79 Å². The first kappa shape index (κ1) is 22.9. The van der Waals surface area contributed by atoms with Gasteiger partial charge in [0.15, 0.2) is 0 Å². The maximum atomic E-state index is 13.4.